The van der Waals surface area contributed by atoms with Crippen LogP contribution in [0.25, 0.3) is 0 Å². The molecule has 1 rings (SSSR count). The lowest BCUT2D eigenvalue weighted by molar-refractivity contribution is -0.386. The zero-order chi connectivity index (χ0) is 13.9. The van der Waals surface area contributed by atoms with E-state index in [4.69, 9.17) is 21.3 Å². The van der Waals surface area contributed by atoms with Gasteiger partial charge in [-0.3, -0.25) is 10.1 Å². The molecule has 0 radical (unpaired) electrons. The van der Waals surface area contributed by atoms with Crippen molar-refractivity contribution in [2.45, 2.75) is 25.7 Å². The Morgan fingerprint density at radius 1 is 1.50 bits per heavy atom. The maximum atomic E-state index is 11.0. The van der Waals surface area contributed by atoms with Crippen molar-refractivity contribution in [3.63, 3.8) is 0 Å². The smallest absolute Gasteiger partial charge is 0.277 e. The monoisotopic (exact) mass is 284 g/mol. The molecular weight excluding hydrogens is 272 g/mol. The van der Waals surface area contributed by atoms with Gasteiger partial charge in [-0.15, -0.1) is 0 Å². The summed E-state index contributed by atoms with van der Waals surface area (Å²) in [5.74, 6) is 0. The number of hydrogen-bond acceptors (Lipinski definition) is 4. The van der Waals surface area contributed by atoms with Gasteiger partial charge in [0.1, 0.15) is 0 Å². The van der Waals surface area contributed by atoms with Crippen LogP contribution in [0.1, 0.15) is 11.7 Å². The first-order valence-corrected chi connectivity index (χ1v) is 9.05. The molecule has 0 saturated heterocycles. The van der Waals surface area contributed by atoms with E-state index in [1.807, 2.05) is 25.7 Å². The van der Waals surface area contributed by atoms with E-state index in [-0.39, 0.29) is 16.3 Å². The van der Waals surface area contributed by atoms with Crippen LogP contribution in [0.5, 0.6) is 0 Å². The van der Waals surface area contributed by atoms with Gasteiger partial charge in [0.2, 0.25) is 0 Å². The van der Waals surface area contributed by atoms with Crippen LogP contribution in [-0.4, -0.2) is 13.2 Å². The van der Waals surface area contributed by atoms with Crippen molar-refractivity contribution >= 4 is 25.6 Å². The van der Waals surface area contributed by atoms with Gasteiger partial charge in [0.05, 0.1) is 21.6 Å². The molecule has 0 heterocycles. The minimum absolute atomic E-state index is 0.133. The van der Waals surface area contributed by atoms with Crippen LogP contribution in [0.15, 0.2) is 18.2 Å². The molecule has 1 aromatic carbocycles. The SMILES string of the molecule is C[Si](C)(C)OC(C#N)c1c(Cl)cccc1[N+](=O)[O-]. The third-order valence-electron chi connectivity index (χ3n) is 2.08. The summed E-state index contributed by atoms with van der Waals surface area (Å²) in [4.78, 5) is 10.4. The zero-order valence-electron chi connectivity index (χ0n) is 10.3. The van der Waals surface area contributed by atoms with Gasteiger partial charge in [0.25, 0.3) is 5.69 Å². The highest BCUT2D eigenvalue weighted by Crippen LogP contribution is 2.35. The van der Waals surface area contributed by atoms with Crippen LogP contribution in [0.3, 0.4) is 0 Å². The van der Waals surface area contributed by atoms with E-state index in [2.05, 4.69) is 0 Å². The summed E-state index contributed by atoms with van der Waals surface area (Å²) in [7, 11) is -2.01. The predicted molar refractivity (Wildman–Crippen MR) is 70.9 cm³/mol. The van der Waals surface area contributed by atoms with Crippen molar-refractivity contribution in [1.82, 2.24) is 0 Å². The van der Waals surface area contributed by atoms with E-state index in [0.717, 1.165) is 0 Å². The van der Waals surface area contributed by atoms with Crippen LogP contribution in [0, 0.1) is 21.4 Å². The van der Waals surface area contributed by atoms with Crippen molar-refractivity contribution in [2.24, 2.45) is 0 Å². The van der Waals surface area contributed by atoms with Crippen molar-refractivity contribution in [1.29, 1.82) is 5.26 Å². The van der Waals surface area contributed by atoms with Gasteiger partial charge in [-0.25, -0.2) is 0 Å². The molecule has 0 N–H and O–H groups in total. The second-order valence-corrected chi connectivity index (χ2v) is 9.54. The number of hydrogen-bond donors (Lipinski definition) is 0. The average molecular weight is 285 g/mol. The first-order chi connectivity index (χ1) is 8.26. The fourth-order valence-corrected chi connectivity index (χ4v) is 2.59. The Morgan fingerprint density at radius 2 is 2.11 bits per heavy atom. The predicted octanol–water partition coefficient (Wildman–Crippen LogP) is 3.66. The second-order valence-electron chi connectivity index (χ2n) is 4.67. The van der Waals surface area contributed by atoms with E-state index >= 15 is 0 Å². The molecular formula is C11H13ClN2O3Si. The third kappa shape index (κ3) is 3.53. The van der Waals surface area contributed by atoms with Crippen molar-refractivity contribution in [3.05, 3.63) is 38.9 Å². The first kappa shape index (κ1) is 14.6. The summed E-state index contributed by atoms with van der Waals surface area (Å²) in [6, 6.07) is 6.25. The number of nitriles is 1. The molecule has 0 aliphatic rings. The molecule has 1 aromatic rings. The lowest BCUT2D eigenvalue weighted by Gasteiger charge is -2.22. The summed E-state index contributed by atoms with van der Waals surface area (Å²) in [5, 5.41) is 20.3. The van der Waals surface area contributed by atoms with Gasteiger partial charge in [-0.05, 0) is 25.7 Å². The fraction of sp³-hybridized carbons (Fsp3) is 0.364. The van der Waals surface area contributed by atoms with Crippen LogP contribution in [-0.2, 0) is 4.43 Å². The number of rotatable bonds is 4. The lowest BCUT2D eigenvalue weighted by Crippen LogP contribution is -2.27. The Morgan fingerprint density at radius 3 is 2.56 bits per heavy atom. The van der Waals surface area contributed by atoms with Crippen LogP contribution in [0.2, 0.25) is 24.7 Å². The van der Waals surface area contributed by atoms with E-state index in [1.165, 1.54) is 18.2 Å². The van der Waals surface area contributed by atoms with Gasteiger partial charge in [0, 0.05) is 6.07 Å². The normalized spacial score (nSPS) is 12.8. The molecule has 0 fully saturated rings. The summed E-state index contributed by atoms with van der Waals surface area (Å²) in [6.07, 6.45) is -1.01. The Bertz CT molecular complexity index is 508. The van der Waals surface area contributed by atoms with Gasteiger partial charge in [-0.2, -0.15) is 5.26 Å². The molecule has 5 nitrogen and oxygen atoms in total. The van der Waals surface area contributed by atoms with Gasteiger partial charge in [0.15, 0.2) is 14.4 Å². The van der Waals surface area contributed by atoms with Crippen LogP contribution < -0.4 is 0 Å². The van der Waals surface area contributed by atoms with E-state index < -0.39 is 19.3 Å². The highest BCUT2D eigenvalue weighted by atomic mass is 35.5. The van der Waals surface area contributed by atoms with Crippen molar-refractivity contribution in [3.8, 4) is 6.07 Å². The summed E-state index contributed by atoms with van der Waals surface area (Å²) >= 11 is 5.96. The highest BCUT2D eigenvalue weighted by Gasteiger charge is 2.29. The maximum absolute atomic E-state index is 11.0. The minimum Gasteiger partial charge on any atom is -0.399 e. The molecule has 0 aliphatic heterocycles. The molecule has 0 aliphatic carbocycles. The molecule has 18 heavy (non-hydrogen) atoms. The quantitative estimate of drug-likeness (QED) is 0.480. The number of halogens is 1. The summed E-state index contributed by atoms with van der Waals surface area (Å²) < 4.78 is 5.63. The first-order valence-electron chi connectivity index (χ1n) is 5.26. The standard InChI is InChI=1S/C11H13ClN2O3Si/c1-18(2,3)17-10(7-13)11-8(12)5-4-6-9(11)14(15)16/h4-6,10H,1-3H3. The topological polar surface area (TPSA) is 76.2 Å². The van der Waals surface area contributed by atoms with E-state index in [9.17, 15) is 10.1 Å². The summed E-state index contributed by atoms with van der Waals surface area (Å²) in [6.45, 7) is 5.71. The van der Waals surface area contributed by atoms with Crippen LogP contribution >= 0.6 is 11.6 Å². The molecule has 1 atom stereocenters. The number of nitro groups is 1. The number of nitro benzene ring substituents is 1. The van der Waals surface area contributed by atoms with Gasteiger partial charge >= 0.3 is 0 Å². The summed E-state index contributed by atoms with van der Waals surface area (Å²) in [5.41, 5.74) is -0.0543. The van der Waals surface area contributed by atoms with Crippen molar-refractivity contribution < 1.29 is 9.35 Å². The Hall–Kier alpha value is -1.42. The lowest BCUT2D eigenvalue weighted by atomic mass is 10.1. The molecule has 0 saturated carbocycles. The Balaban J connectivity index is 3.30. The molecule has 7 heteroatoms. The largest absolute Gasteiger partial charge is 0.399 e. The molecule has 0 bridgehead atoms. The van der Waals surface area contributed by atoms with Crippen molar-refractivity contribution in [2.75, 3.05) is 0 Å². The van der Waals surface area contributed by atoms with Gasteiger partial charge in [-0.1, -0.05) is 17.7 Å². The molecule has 96 valence electrons. The third-order valence-corrected chi connectivity index (χ3v) is 3.35. The molecule has 1 unspecified atom stereocenters. The van der Waals surface area contributed by atoms with Gasteiger partial charge < -0.3 is 4.43 Å². The van der Waals surface area contributed by atoms with E-state index in [1.54, 1.807) is 0 Å². The number of benzene rings is 1. The molecule has 0 aromatic heterocycles. The maximum Gasteiger partial charge on any atom is 0.277 e. The minimum atomic E-state index is -2.01. The average Bonchev–Trinajstić information content (AvgIpc) is 2.24. The zero-order valence-corrected chi connectivity index (χ0v) is 12.1. The second kappa shape index (κ2) is 5.48. The van der Waals surface area contributed by atoms with E-state index in [0.29, 0.717) is 0 Å². The molecule has 0 amide bonds. The molecule has 0 spiro atoms. The van der Waals surface area contributed by atoms with Crippen LogP contribution in [0.4, 0.5) is 5.69 Å². The fourth-order valence-electron chi connectivity index (χ4n) is 1.45. The number of nitrogens with zero attached hydrogens (tertiary/aromatic N) is 2. The Labute approximate surface area is 111 Å². The Kier molecular flexibility index (Phi) is 4.46. The highest BCUT2D eigenvalue weighted by molar-refractivity contribution is 6.69.